The Kier molecular flexibility index (Phi) is 6.49. The van der Waals surface area contributed by atoms with Crippen molar-refractivity contribution in [2.24, 2.45) is 10.9 Å². The van der Waals surface area contributed by atoms with Crippen LogP contribution >= 0.6 is 0 Å². The van der Waals surface area contributed by atoms with Crippen LogP contribution in [0.3, 0.4) is 0 Å². The summed E-state index contributed by atoms with van der Waals surface area (Å²) in [4.78, 5) is 18.3. The van der Waals surface area contributed by atoms with Gasteiger partial charge < -0.3 is 10.1 Å². The fraction of sp³-hybridized carbons (Fsp3) is 0.875. The van der Waals surface area contributed by atoms with Crippen molar-refractivity contribution in [2.45, 2.75) is 66.0 Å². The number of rotatable bonds is 4. The molecule has 0 aromatic heterocycles. The van der Waals surface area contributed by atoms with Crippen molar-refractivity contribution in [3.63, 3.8) is 0 Å². The predicted octanol–water partition coefficient (Wildman–Crippen LogP) is 3.05. The second-order valence-corrected chi connectivity index (χ2v) is 7.25. The van der Waals surface area contributed by atoms with E-state index in [4.69, 9.17) is 4.74 Å². The van der Waals surface area contributed by atoms with Crippen LogP contribution in [0.15, 0.2) is 4.99 Å². The Morgan fingerprint density at radius 3 is 2.57 bits per heavy atom. The summed E-state index contributed by atoms with van der Waals surface area (Å²) >= 11 is 0. The third-order valence-corrected chi connectivity index (χ3v) is 3.25. The molecular weight excluding hydrogens is 266 g/mol. The van der Waals surface area contributed by atoms with Crippen LogP contribution < -0.4 is 5.32 Å². The van der Waals surface area contributed by atoms with Crippen LogP contribution in [0.4, 0.5) is 4.79 Å². The van der Waals surface area contributed by atoms with E-state index in [9.17, 15) is 4.79 Å². The van der Waals surface area contributed by atoms with Gasteiger partial charge in [0.05, 0.1) is 13.1 Å². The van der Waals surface area contributed by atoms with Crippen molar-refractivity contribution in [1.29, 1.82) is 0 Å². The first-order valence-corrected chi connectivity index (χ1v) is 7.95. The third-order valence-electron chi connectivity index (χ3n) is 3.25. The van der Waals surface area contributed by atoms with Crippen molar-refractivity contribution in [2.75, 3.05) is 19.6 Å². The molecule has 5 nitrogen and oxygen atoms in total. The number of aliphatic imine (C=N–C) groups is 1. The van der Waals surface area contributed by atoms with Crippen molar-refractivity contribution in [3.05, 3.63) is 0 Å². The average Bonchev–Trinajstić information content (AvgIpc) is 2.34. The van der Waals surface area contributed by atoms with Gasteiger partial charge in [-0.1, -0.05) is 13.8 Å². The van der Waals surface area contributed by atoms with E-state index in [-0.39, 0.29) is 6.09 Å². The van der Waals surface area contributed by atoms with Gasteiger partial charge in [-0.2, -0.15) is 0 Å². The lowest BCUT2D eigenvalue weighted by Gasteiger charge is -2.31. The Balaban J connectivity index is 2.44. The molecule has 0 saturated heterocycles. The van der Waals surface area contributed by atoms with E-state index >= 15 is 0 Å². The normalized spacial score (nSPS) is 17.5. The van der Waals surface area contributed by atoms with Gasteiger partial charge in [0, 0.05) is 12.6 Å². The molecule has 1 aliphatic rings. The molecule has 1 unspecified atom stereocenters. The lowest BCUT2D eigenvalue weighted by atomic mass is 10.0. The van der Waals surface area contributed by atoms with Gasteiger partial charge in [0.15, 0.2) is 0 Å². The summed E-state index contributed by atoms with van der Waals surface area (Å²) in [5.74, 6) is 1.60. The summed E-state index contributed by atoms with van der Waals surface area (Å²) < 4.78 is 5.41. The molecule has 0 aromatic rings. The third kappa shape index (κ3) is 7.34. The first-order valence-electron chi connectivity index (χ1n) is 7.95. The van der Waals surface area contributed by atoms with E-state index in [0.29, 0.717) is 31.6 Å². The Morgan fingerprint density at radius 2 is 2.00 bits per heavy atom. The van der Waals surface area contributed by atoms with Gasteiger partial charge in [0.1, 0.15) is 11.4 Å². The van der Waals surface area contributed by atoms with E-state index < -0.39 is 5.60 Å². The second-order valence-electron chi connectivity index (χ2n) is 7.25. The van der Waals surface area contributed by atoms with Gasteiger partial charge in [0.25, 0.3) is 0 Å². The number of ether oxygens (including phenoxy) is 1. The zero-order valence-corrected chi connectivity index (χ0v) is 14.4. The van der Waals surface area contributed by atoms with Gasteiger partial charge in [-0.25, -0.2) is 4.79 Å². The zero-order chi connectivity index (χ0) is 16.0. The molecule has 122 valence electrons. The Bertz CT molecular complexity index is 372. The van der Waals surface area contributed by atoms with E-state index in [1.54, 1.807) is 4.90 Å². The molecule has 1 aliphatic heterocycles. The molecule has 1 heterocycles. The summed E-state index contributed by atoms with van der Waals surface area (Å²) in [5.41, 5.74) is -0.455. The van der Waals surface area contributed by atoms with Crippen molar-refractivity contribution < 1.29 is 9.53 Å². The van der Waals surface area contributed by atoms with Crippen LogP contribution in [0.5, 0.6) is 0 Å². The Hall–Kier alpha value is -1.26. The molecule has 1 atom stereocenters. The first kappa shape index (κ1) is 17.8. The molecule has 0 spiro atoms. The number of hydrogen-bond acceptors (Lipinski definition) is 4. The van der Waals surface area contributed by atoms with Gasteiger partial charge in [-0.3, -0.25) is 9.89 Å². The number of hydrogen-bond donors (Lipinski definition) is 1. The quantitative estimate of drug-likeness (QED) is 0.867. The molecule has 0 fully saturated rings. The zero-order valence-electron chi connectivity index (χ0n) is 14.4. The van der Waals surface area contributed by atoms with Gasteiger partial charge in [-0.15, -0.1) is 0 Å². The van der Waals surface area contributed by atoms with Crippen LogP contribution in [-0.4, -0.2) is 48.1 Å². The number of amidine groups is 1. The number of amides is 1. The van der Waals surface area contributed by atoms with E-state index in [1.165, 1.54) is 6.42 Å². The van der Waals surface area contributed by atoms with Crippen LogP contribution in [0.1, 0.15) is 54.4 Å². The van der Waals surface area contributed by atoms with E-state index in [2.05, 4.69) is 31.1 Å². The summed E-state index contributed by atoms with van der Waals surface area (Å²) in [7, 11) is 0. The van der Waals surface area contributed by atoms with E-state index in [0.717, 1.165) is 12.3 Å². The maximum atomic E-state index is 12.1. The summed E-state index contributed by atoms with van der Waals surface area (Å²) in [6, 6.07) is 0.379. The smallest absolute Gasteiger partial charge is 0.410 e. The molecule has 1 amide bonds. The van der Waals surface area contributed by atoms with E-state index in [1.807, 2.05) is 20.8 Å². The van der Waals surface area contributed by atoms with Gasteiger partial charge in [-0.05, 0) is 46.5 Å². The topological polar surface area (TPSA) is 53.9 Å². The Morgan fingerprint density at radius 1 is 1.33 bits per heavy atom. The molecule has 0 bridgehead atoms. The van der Waals surface area contributed by atoms with Crippen LogP contribution in [0.25, 0.3) is 0 Å². The fourth-order valence-electron chi connectivity index (χ4n) is 2.13. The largest absolute Gasteiger partial charge is 0.444 e. The summed E-state index contributed by atoms with van der Waals surface area (Å²) in [6.45, 7) is 14.1. The minimum atomic E-state index is -0.455. The van der Waals surface area contributed by atoms with Gasteiger partial charge in [0.2, 0.25) is 0 Å². The molecule has 0 aliphatic carbocycles. The van der Waals surface area contributed by atoms with Crippen LogP contribution in [-0.2, 0) is 4.74 Å². The molecule has 0 radical (unpaired) electrons. The highest BCUT2D eigenvalue weighted by Gasteiger charge is 2.25. The first-order chi connectivity index (χ1) is 9.67. The van der Waals surface area contributed by atoms with Crippen molar-refractivity contribution in [1.82, 2.24) is 10.2 Å². The summed E-state index contributed by atoms with van der Waals surface area (Å²) in [6.07, 6.45) is 2.05. The van der Waals surface area contributed by atoms with Gasteiger partial charge >= 0.3 is 6.09 Å². The van der Waals surface area contributed by atoms with Crippen molar-refractivity contribution in [3.8, 4) is 0 Å². The highest BCUT2D eigenvalue weighted by Crippen LogP contribution is 2.11. The molecule has 1 N–H and O–H groups in total. The Labute approximate surface area is 129 Å². The lowest BCUT2D eigenvalue weighted by Crippen LogP contribution is -2.48. The second kappa shape index (κ2) is 7.66. The number of carbonyl (C=O) groups is 1. The maximum Gasteiger partial charge on any atom is 0.410 e. The fourth-order valence-corrected chi connectivity index (χ4v) is 2.13. The minimum Gasteiger partial charge on any atom is -0.444 e. The number of nitrogens with zero attached hydrogens (tertiary/aromatic N) is 2. The highest BCUT2D eigenvalue weighted by atomic mass is 16.6. The average molecular weight is 297 g/mol. The predicted molar refractivity (Wildman–Crippen MR) is 86.8 cm³/mol. The standard InChI is InChI=1S/C16H31N3O2/c1-12(2)7-8-13(3)18-14-11-19(10-9-17-14)15(20)21-16(4,5)6/h12-13H,7-11H2,1-6H3,(H,17,18). The molecule has 5 heteroatoms. The van der Waals surface area contributed by atoms with Crippen molar-refractivity contribution >= 4 is 11.9 Å². The van der Waals surface area contributed by atoms with Crippen LogP contribution in [0, 0.1) is 5.92 Å². The lowest BCUT2D eigenvalue weighted by molar-refractivity contribution is 0.0276. The van der Waals surface area contributed by atoms with Crippen LogP contribution in [0.2, 0.25) is 0 Å². The molecule has 1 rings (SSSR count). The summed E-state index contributed by atoms with van der Waals surface area (Å²) in [5, 5.41) is 3.42. The molecule has 21 heavy (non-hydrogen) atoms. The highest BCUT2D eigenvalue weighted by molar-refractivity contribution is 5.88. The number of nitrogens with one attached hydrogen (secondary N) is 1. The minimum absolute atomic E-state index is 0.258. The SMILES string of the molecule is CC(C)CCC(C)NC1=NCCN(C(=O)OC(C)(C)C)C1. The molecule has 0 saturated carbocycles. The number of carbonyl (C=O) groups excluding carboxylic acids is 1. The molecular formula is C16H31N3O2. The maximum absolute atomic E-state index is 12.1. The molecule has 0 aromatic carbocycles. The monoisotopic (exact) mass is 297 g/mol.